The highest BCUT2D eigenvalue weighted by molar-refractivity contribution is 5.84. The Morgan fingerprint density at radius 3 is 2.58 bits per heavy atom. The van der Waals surface area contributed by atoms with Gasteiger partial charge >= 0.3 is 0 Å². The number of benzene rings is 1. The Labute approximate surface area is 108 Å². The number of fused-ring (bicyclic) bond motifs is 1. The molecule has 1 heterocycles. The van der Waals surface area contributed by atoms with Crippen LogP contribution in [0.3, 0.4) is 0 Å². The Bertz CT molecular complexity index is 765. The van der Waals surface area contributed by atoms with E-state index in [2.05, 4.69) is 0 Å². The van der Waals surface area contributed by atoms with Crippen molar-refractivity contribution in [2.75, 3.05) is 0 Å². The molecule has 1 aliphatic carbocycles. The second-order valence-electron chi connectivity index (χ2n) is 4.39. The summed E-state index contributed by atoms with van der Waals surface area (Å²) in [6.07, 6.45) is 4.86. The lowest BCUT2D eigenvalue weighted by atomic mass is 10.0. The van der Waals surface area contributed by atoms with E-state index in [-0.39, 0.29) is 11.5 Å². The lowest BCUT2D eigenvalue weighted by Gasteiger charge is -2.12. The Hall–Kier alpha value is -2.49. The molecule has 0 spiro atoms. The maximum atomic E-state index is 12.1. The summed E-state index contributed by atoms with van der Waals surface area (Å²) in [5.74, 6) is -0.413. The number of aromatic hydroxyl groups is 1. The van der Waals surface area contributed by atoms with Crippen molar-refractivity contribution in [1.29, 1.82) is 0 Å². The zero-order valence-electron chi connectivity index (χ0n) is 10.1. The molecule has 0 saturated heterocycles. The molecule has 4 heteroatoms. The van der Waals surface area contributed by atoms with Gasteiger partial charge in [-0.3, -0.25) is 4.79 Å². The summed E-state index contributed by atoms with van der Waals surface area (Å²) in [7, 11) is 0. The van der Waals surface area contributed by atoms with Crippen molar-refractivity contribution in [3.8, 4) is 5.75 Å². The van der Waals surface area contributed by atoms with Crippen molar-refractivity contribution < 1.29 is 14.6 Å². The van der Waals surface area contributed by atoms with Crippen molar-refractivity contribution in [2.45, 2.75) is 12.8 Å². The van der Waals surface area contributed by atoms with Crippen LogP contribution >= 0.6 is 0 Å². The largest absolute Gasteiger partial charge is 0.508 e. The van der Waals surface area contributed by atoms with Crippen LogP contribution in [0.4, 0.5) is 0 Å². The fourth-order valence-electron chi connectivity index (χ4n) is 2.19. The van der Waals surface area contributed by atoms with E-state index in [4.69, 9.17) is 4.42 Å². The molecule has 4 nitrogen and oxygen atoms in total. The Kier molecular flexibility index (Phi) is 2.63. The van der Waals surface area contributed by atoms with E-state index in [1.165, 1.54) is 0 Å². The zero-order chi connectivity index (χ0) is 13.4. The molecule has 1 aromatic heterocycles. The van der Waals surface area contributed by atoms with E-state index in [0.29, 0.717) is 16.5 Å². The topological polar surface area (TPSA) is 70.7 Å². The highest BCUT2D eigenvalue weighted by Crippen LogP contribution is 2.32. The second kappa shape index (κ2) is 4.31. The number of rotatable bonds is 1. The number of aliphatic hydroxyl groups is 1. The van der Waals surface area contributed by atoms with Crippen LogP contribution in [0.15, 0.2) is 51.4 Å². The van der Waals surface area contributed by atoms with Gasteiger partial charge < -0.3 is 14.6 Å². The first-order chi connectivity index (χ1) is 9.18. The number of allylic oxidation sites excluding steroid dienone is 3. The molecule has 96 valence electrons. The molecule has 1 aliphatic rings. The molecule has 3 rings (SSSR count). The molecular formula is C15H12O4. The number of aliphatic hydroxyl groups excluding tert-OH is 1. The molecule has 0 saturated carbocycles. The van der Waals surface area contributed by atoms with Gasteiger partial charge in [-0.25, -0.2) is 0 Å². The molecule has 0 amide bonds. The minimum atomic E-state index is -0.490. The van der Waals surface area contributed by atoms with E-state index >= 15 is 0 Å². The fraction of sp³-hybridized carbons (Fsp3) is 0.133. The van der Waals surface area contributed by atoms with Crippen LogP contribution in [-0.2, 0) is 0 Å². The molecule has 0 unspecified atom stereocenters. The number of hydrogen-bond donors (Lipinski definition) is 2. The average molecular weight is 256 g/mol. The summed E-state index contributed by atoms with van der Waals surface area (Å²) in [6.45, 7) is 0. The van der Waals surface area contributed by atoms with E-state index in [0.717, 1.165) is 12.8 Å². The van der Waals surface area contributed by atoms with Crippen molar-refractivity contribution in [1.82, 2.24) is 0 Å². The van der Waals surface area contributed by atoms with Crippen molar-refractivity contribution in [3.63, 3.8) is 0 Å². The normalized spacial score (nSPS) is 15.2. The maximum Gasteiger partial charge on any atom is 0.235 e. The lowest BCUT2D eigenvalue weighted by Crippen LogP contribution is -2.05. The average Bonchev–Trinajstić information content (AvgIpc) is 2.44. The van der Waals surface area contributed by atoms with Crippen LogP contribution in [-0.4, -0.2) is 10.2 Å². The van der Waals surface area contributed by atoms with Crippen LogP contribution < -0.4 is 5.43 Å². The van der Waals surface area contributed by atoms with Gasteiger partial charge in [0.25, 0.3) is 0 Å². The molecule has 0 aliphatic heterocycles. The Morgan fingerprint density at radius 1 is 1.05 bits per heavy atom. The van der Waals surface area contributed by atoms with Crippen LogP contribution in [0.1, 0.15) is 18.6 Å². The standard InChI is InChI=1S/C15H12O4/c16-11-7-3-1-5-9(11)15-14(18)13(17)10-6-2-4-8-12(10)19-15/h2,4-8,16,18H,1,3H2. The maximum absolute atomic E-state index is 12.1. The van der Waals surface area contributed by atoms with Crippen molar-refractivity contribution >= 4 is 16.5 Å². The SMILES string of the molecule is O=c1c(O)c(C2=CCCC=C2O)oc2ccccc12. The quantitative estimate of drug-likeness (QED) is 0.822. The molecule has 2 aromatic rings. The monoisotopic (exact) mass is 256 g/mol. The van der Waals surface area contributed by atoms with Gasteiger partial charge in [0.05, 0.1) is 11.0 Å². The van der Waals surface area contributed by atoms with Crippen molar-refractivity contribution in [2.24, 2.45) is 0 Å². The van der Waals surface area contributed by atoms with Crippen molar-refractivity contribution in [3.05, 3.63) is 58.2 Å². The summed E-state index contributed by atoms with van der Waals surface area (Å²) in [4.78, 5) is 12.1. The highest BCUT2D eigenvalue weighted by atomic mass is 16.4. The highest BCUT2D eigenvalue weighted by Gasteiger charge is 2.20. The molecule has 0 bridgehead atoms. The third-order valence-corrected chi connectivity index (χ3v) is 3.15. The summed E-state index contributed by atoms with van der Waals surface area (Å²) in [5.41, 5.74) is 0.266. The van der Waals surface area contributed by atoms with Crippen LogP contribution in [0.25, 0.3) is 16.5 Å². The molecule has 0 atom stereocenters. The first kappa shape index (κ1) is 11.6. The third kappa shape index (κ3) is 1.81. The Morgan fingerprint density at radius 2 is 1.79 bits per heavy atom. The van der Waals surface area contributed by atoms with Gasteiger partial charge in [-0.05, 0) is 31.1 Å². The minimum Gasteiger partial charge on any atom is -0.508 e. The predicted molar refractivity (Wildman–Crippen MR) is 72.1 cm³/mol. The molecular weight excluding hydrogens is 244 g/mol. The molecule has 2 N–H and O–H groups in total. The van der Waals surface area contributed by atoms with Crippen LogP contribution in [0.5, 0.6) is 5.75 Å². The Balaban J connectivity index is 2.31. The second-order valence-corrected chi connectivity index (χ2v) is 4.39. The fourth-order valence-corrected chi connectivity index (χ4v) is 2.19. The first-order valence-corrected chi connectivity index (χ1v) is 6.03. The van der Waals surface area contributed by atoms with Gasteiger partial charge in [0.2, 0.25) is 11.2 Å². The van der Waals surface area contributed by atoms with E-state index < -0.39 is 11.2 Å². The molecule has 1 aromatic carbocycles. The summed E-state index contributed by atoms with van der Waals surface area (Å²) in [6, 6.07) is 6.70. The molecule has 19 heavy (non-hydrogen) atoms. The van der Waals surface area contributed by atoms with E-state index in [1.54, 1.807) is 36.4 Å². The summed E-state index contributed by atoms with van der Waals surface area (Å²) >= 11 is 0. The van der Waals surface area contributed by atoms with Gasteiger partial charge in [0.1, 0.15) is 11.3 Å². The third-order valence-electron chi connectivity index (χ3n) is 3.15. The van der Waals surface area contributed by atoms with E-state index in [9.17, 15) is 15.0 Å². The number of para-hydroxylation sites is 1. The van der Waals surface area contributed by atoms with Gasteiger partial charge in [0.15, 0.2) is 5.76 Å². The van der Waals surface area contributed by atoms with Gasteiger partial charge in [-0.2, -0.15) is 0 Å². The zero-order valence-corrected chi connectivity index (χ0v) is 10.1. The van der Waals surface area contributed by atoms with Crippen LogP contribution in [0, 0.1) is 0 Å². The molecule has 0 fully saturated rings. The van der Waals surface area contributed by atoms with E-state index in [1.807, 2.05) is 0 Å². The van der Waals surface area contributed by atoms with Gasteiger partial charge in [-0.1, -0.05) is 18.2 Å². The number of hydrogen-bond acceptors (Lipinski definition) is 4. The summed E-state index contributed by atoms with van der Waals surface area (Å²) in [5, 5.41) is 20.1. The lowest BCUT2D eigenvalue weighted by molar-refractivity contribution is 0.413. The predicted octanol–water partition coefficient (Wildman–Crippen LogP) is 3.12. The smallest absolute Gasteiger partial charge is 0.235 e. The van der Waals surface area contributed by atoms with Gasteiger partial charge in [0, 0.05) is 0 Å². The first-order valence-electron chi connectivity index (χ1n) is 6.03. The van der Waals surface area contributed by atoms with Crippen LogP contribution in [0.2, 0.25) is 0 Å². The summed E-state index contributed by atoms with van der Waals surface area (Å²) < 4.78 is 5.56. The van der Waals surface area contributed by atoms with Gasteiger partial charge in [-0.15, -0.1) is 0 Å². The molecule has 0 radical (unpaired) electrons. The minimum absolute atomic E-state index is 0.0251.